The Labute approximate surface area is 117 Å². The summed E-state index contributed by atoms with van der Waals surface area (Å²) in [7, 11) is 1.96. The molecule has 0 atom stereocenters. The number of carbonyl (C=O) groups is 1. The van der Waals surface area contributed by atoms with E-state index in [1.807, 2.05) is 42.3 Å². The zero-order valence-corrected chi connectivity index (χ0v) is 11.8. The summed E-state index contributed by atoms with van der Waals surface area (Å²) in [5, 5.41) is 7.10. The van der Waals surface area contributed by atoms with Gasteiger partial charge < -0.3 is 5.32 Å². The van der Waals surface area contributed by atoms with Crippen LogP contribution in [0, 0.1) is 0 Å². The Kier molecular flexibility index (Phi) is 5.12. The van der Waals surface area contributed by atoms with Crippen LogP contribution in [0.15, 0.2) is 47.2 Å². The zero-order chi connectivity index (χ0) is 13.5. The number of rotatable bonds is 6. The molecule has 0 spiro atoms. The Morgan fingerprint density at radius 2 is 2.00 bits per heavy atom. The molecule has 100 valence electrons. The predicted molar refractivity (Wildman–Crippen MR) is 78.9 cm³/mol. The number of carbonyl (C=O) groups excluding carboxylic acids is 1. The van der Waals surface area contributed by atoms with E-state index in [4.69, 9.17) is 0 Å². The molecule has 4 heteroatoms. The van der Waals surface area contributed by atoms with Crippen molar-refractivity contribution in [3.05, 3.63) is 58.3 Å². The first-order valence-electron chi connectivity index (χ1n) is 6.24. The third-order valence-corrected chi connectivity index (χ3v) is 3.51. The monoisotopic (exact) mass is 274 g/mol. The molecule has 0 bridgehead atoms. The fraction of sp³-hybridized carbons (Fsp3) is 0.267. The highest BCUT2D eigenvalue weighted by Gasteiger charge is 2.07. The molecule has 0 saturated carbocycles. The summed E-state index contributed by atoms with van der Waals surface area (Å²) in [6, 6.07) is 12.0. The minimum absolute atomic E-state index is 0.0570. The molecule has 0 aliphatic rings. The molecular weight excluding hydrogens is 256 g/mol. The molecule has 3 nitrogen and oxygen atoms in total. The van der Waals surface area contributed by atoms with Crippen LogP contribution in [-0.4, -0.2) is 24.4 Å². The highest BCUT2D eigenvalue weighted by atomic mass is 32.1. The van der Waals surface area contributed by atoms with Gasteiger partial charge in [0.05, 0.1) is 6.54 Å². The first-order chi connectivity index (χ1) is 9.24. The molecule has 2 aromatic rings. The van der Waals surface area contributed by atoms with Crippen molar-refractivity contribution in [2.45, 2.75) is 13.1 Å². The molecule has 0 unspecified atom stereocenters. The van der Waals surface area contributed by atoms with Crippen LogP contribution in [0.4, 0.5) is 0 Å². The molecule has 1 aromatic carbocycles. The van der Waals surface area contributed by atoms with Crippen molar-refractivity contribution in [1.29, 1.82) is 0 Å². The molecule has 1 amide bonds. The molecule has 19 heavy (non-hydrogen) atoms. The first-order valence-corrected chi connectivity index (χ1v) is 7.18. The Hall–Kier alpha value is -1.65. The van der Waals surface area contributed by atoms with E-state index < -0.39 is 0 Å². The Morgan fingerprint density at radius 3 is 2.68 bits per heavy atom. The molecule has 0 saturated heterocycles. The van der Waals surface area contributed by atoms with Gasteiger partial charge in [0.1, 0.15) is 0 Å². The molecule has 0 aliphatic carbocycles. The molecule has 1 N–H and O–H groups in total. The van der Waals surface area contributed by atoms with Crippen LogP contribution in [0.1, 0.15) is 11.1 Å². The number of nitrogens with zero attached hydrogens (tertiary/aromatic N) is 1. The molecule has 0 aliphatic heterocycles. The summed E-state index contributed by atoms with van der Waals surface area (Å²) < 4.78 is 0. The third kappa shape index (κ3) is 4.85. The molecular formula is C15H18N2OS. The smallest absolute Gasteiger partial charge is 0.234 e. The van der Waals surface area contributed by atoms with Crippen molar-refractivity contribution in [3.63, 3.8) is 0 Å². The second kappa shape index (κ2) is 7.07. The van der Waals surface area contributed by atoms with Gasteiger partial charge in [-0.2, -0.15) is 11.3 Å². The lowest BCUT2D eigenvalue weighted by atomic mass is 10.2. The number of hydrogen-bond acceptors (Lipinski definition) is 3. The quantitative estimate of drug-likeness (QED) is 0.878. The van der Waals surface area contributed by atoms with Gasteiger partial charge >= 0.3 is 0 Å². The van der Waals surface area contributed by atoms with Crippen LogP contribution >= 0.6 is 11.3 Å². The van der Waals surface area contributed by atoms with Crippen LogP contribution in [0.2, 0.25) is 0 Å². The minimum Gasteiger partial charge on any atom is -0.351 e. The topological polar surface area (TPSA) is 32.3 Å². The lowest BCUT2D eigenvalue weighted by Crippen LogP contribution is -2.34. The van der Waals surface area contributed by atoms with Gasteiger partial charge in [-0.1, -0.05) is 30.3 Å². The van der Waals surface area contributed by atoms with Crippen molar-refractivity contribution in [3.8, 4) is 0 Å². The largest absolute Gasteiger partial charge is 0.351 e. The fourth-order valence-corrected chi connectivity index (χ4v) is 2.51. The third-order valence-electron chi connectivity index (χ3n) is 2.78. The average Bonchev–Trinajstić information content (AvgIpc) is 2.90. The number of thiophene rings is 1. The fourth-order valence-electron chi connectivity index (χ4n) is 1.85. The Balaban J connectivity index is 1.72. The van der Waals surface area contributed by atoms with Crippen molar-refractivity contribution in [2.75, 3.05) is 13.6 Å². The lowest BCUT2D eigenvalue weighted by Gasteiger charge is -2.15. The average molecular weight is 274 g/mol. The van der Waals surface area contributed by atoms with Gasteiger partial charge in [0.15, 0.2) is 0 Å². The SMILES string of the molecule is CN(CC(=O)NCc1ccccc1)Cc1ccsc1. The van der Waals surface area contributed by atoms with Crippen molar-refractivity contribution >= 4 is 17.2 Å². The molecule has 0 fully saturated rings. The summed E-state index contributed by atoms with van der Waals surface area (Å²) in [6.45, 7) is 1.82. The predicted octanol–water partition coefficient (Wildman–Crippen LogP) is 2.50. The standard InChI is InChI=1S/C15H18N2OS/c1-17(10-14-7-8-19-12-14)11-15(18)16-9-13-5-3-2-4-6-13/h2-8,12H,9-11H2,1H3,(H,16,18). The maximum Gasteiger partial charge on any atom is 0.234 e. The van der Waals surface area contributed by atoms with Gasteiger partial charge in [0.25, 0.3) is 0 Å². The van der Waals surface area contributed by atoms with E-state index in [9.17, 15) is 4.79 Å². The Morgan fingerprint density at radius 1 is 1.21 bits per heavy atom. The van der Waals surface area contributed by atoms with Gasteiger partial charge in [0, 0.05) is 13.1 Å². The van der Waals surface area contributed by atoms with Gasteiger partial charge in [-0.05, 0) is 35.0 Å². The number of likely N-dealkylation sites (N-methyl/N-ethyl adjacent to an activating group) is 1. The molecule has 2 rings (SSSR count). The summed E-state index contributed by atoms with van der Waals surface area (Å²) in [4.78, 5) is 13.8. The summed E-state index contributed by atoms with van der Waals surface area (Å²) in [5.41, 5.74) is 2.37. The van der Waals surface area contributed by atoms with Crippen molar-refractivity contribution in [2.24, 2.45) is 0 Å². The van der Waals surface area contributed by atoms with E-state index in [0.717, 1.165) is 12.1 Å². The van der Waals surface area contributed by atoms with Crippen LogP contribution in [0.3, 0.4) is 0 Å². The molecule has 0 radical (unpaired) electrons. The van der Waals surface area contributed by atoms with E-state index in [1.54, 1.807) is 11.3 Å². The van der Waals surface area contributed by atoms with Crippen LogP contribution in [0.5, 0.6) is 0 Å². The van der Waals surface area contributed by atoms with E-state index in [1.165, 1.54) is 5.56 Å². The molecule has 1 aromatic heterocycles. The van der Waals surface area contributed by atoms with Crippen molar-refractivity contribution in [1.82, 2.24) is 10.2 Å². The van der Waals surface area contributed by atoms with Gasteiger partial charge in [0.2, 0.25) is 5.91 Å². The summed E-state index contributed by atoms with van der Waals surface area (Å²) in [6.07, 6.45) is 0. The van der Waals surface area contributed by atoms with Gasteiger partial charge in [-0.3, -0.25) is 9.69 Å². The van der Waals surface area contributed by atoms with E-state index in [2.05, 4.69) is 22.1 Å². The second-order valence-corrected chi connectivity index (χ2v) is 5.35. The summed E-state index contributed by atoms with van der Waals surface area (Å²) >= 11 is 1.68. The zero-order valence-electron chi connectivity index (χ0n) is 11.0. The maximum absolute atomic E-state index is 11.8. The second-order valence-electron chi connectivity index (χ2n) is 4.57. The number of benzene rings is 1. The number of nitrogens with one attached hydrogen (secondary N) is 1. The summed E-state index contributed by atoms with van der Waals surface area (Å²) in [5.74, 6) is 0.0570. The normalized spacial score (nSPS) is 10.6. The van der Waals surface area contributed by atoms with Crippen LogP contribution < -0.4 is 5.32 Å². The van der Waals surface area contributed by atoms with Crippen molar-refractivity contribution < 1.29 is 4.79 Å². The maximum atomic E-state index is 11.8. The van der Waals surface area contributed by atoms with Gasteiger partial charge in [-0.15, -0.1) is 0 Å². The number of hydrogen-bond donors (Lipinski definition) is 1. The highest BCUT2D eigenvalue weighted by Crippen LogP contribution is 2.08. The van der Waals surface area contributed by atoms with Crippen LogP contribution in [0.25, 0.3) is 0 Å². The van der Waals surface area contributed by atoms with E-state index >= 15 is 0 Å². The highest BCUT2D eigenvalue weighted by molar-refractivity contribution is 7.07. The lowest BCUT2D eigenvalue weighted by molar-refractivity contribution is -0.122. The minimum atomic E-state index is 0.0570. The first kappa shape index (κ1) is 13.8. The van der Waals surface area contributed by atoms with Crippen LogP contribution in [-0.2, 0) is 17.9 Å². The Bertz CT molecular complexity index is 496. The number of amides is 1. The van der Waals surface area contributed by atoms with E-state index in [0.29, 0.717) is 13.1 Å². The van der Waals surface area contributed by atoms with E-state index in [-0.39, 0.29) is 5.91 Å². The van der Waals surface area contributed by atoms with Gasteiger partial charge in [-0.25, -0.2) is 0 Å². The molecule has 1 heterocycles.